The van der Waals surface area contributed by atoms with Gasteiger partial charge in [-0.05, 0) is 84.9 Å². The highest BCUT2D eigenvalue weighted by molar-refractivity contribution is 7.98. The fourth-order valence-corrected chi connectivity index (χ4v) is 4.36. The lowest BCUT2D eigenvalue weighted by Crippen LogP contribution is -2.55. The van der Waals surface area contributed by atoms with Gasteiger partial charge in [-0.25, -0.2) is 4.79 Å². The minimum Gasteiger partial charge on any atom is -0.466 e. The number of esters is 1. The first-order chi connectivity index (χ1) is 17.7. The van der Waals surface area contributed by atoms with E-state index >= 15 is 0 Å². The van der Waals surface area contributed by atoms with Crippen LogP contribution in [0, 0.1) is 13.8 Å². The number of carbonyl (C=O) groups is 4. The average molecular weight is 552 g/mol. The fourth-order valence-electron chi connectivity index (χ4n) is 3.89. The number of nitrogens with zero attached hydrogens (tertiary/aromatic N) is 1. The van der Waals surface area contributed by atoms with Gasteiger partial charge in [0, 0.05) is 12.6 Å². The van der Waals surface area contributed by atoms with Gasteiger partial charge < -0.3 is 25.0 Å². The van der Waals surface area contributed by atoms with Gasteiger partial charge >= 0.3 is 12.1 Å². The van der Waals surface area contributed by atoms with E-state index in [0.29, 0.717) is 17.7 Å². The molecule has 9 nitrogen and oxygen atoms in total. The maximum absolute atomic E-state index is 14.1. The van der Waals surface area contributed by atoms with Crippen molar-refractivity contribution >= 4 is 35.6 Å². The lowest BCUT2D eigenvalue weighted by Gasteiger charge is -2.38. The third-order valence-electron chi connectivity index (χ3n) is 5.60. The van der Waals surface area contributed by atoms with E-state index in [1.54, 1.807) is 39.5 Å². The van der Waals surface area contributed by atoms with Gasteiger partial charge in [-0.3, -0.25) is 14.4 Å². The van der Waals surface area contributed by atoms with E-state index in [4.69, 9.17) is 9.47 Å². The minimum absolute atomic E-state index is 0.0191. The van der Waals surface area contributed by atoms with Crippen molar-refractivity contribution in [3.05, 3.63) is 34.9 Å². The van der Waals surface area contributed by atoms with Crippen molar-refractivity contribution in [2.45, 2.75) is 92.0 Å². The molecule has 0 saturated heterocycles. The van der Waals surface area contributed by atoms with Crippen LogP contribution >= 0.6 is 11.8 Å². The quantitative estimate of drug-likeness (QED) is 0.352. The number of rotatable bonds is 13. The second-order valence-electron chi connectivity index (χ2n) is 10.4. The summed E-state index contributed by atoms with van der Waals surface area (Å²) >= 11 is 1.55. The maximum Gasteiger partial charge on any atom is 0.408 e. The van der Waals surface area contributed by atoms with Crippen LogP contribution in [0.5, 0.6) is 0 Å². The van der Waals surface area contributed by atoms with E-state index in [1.807, 2.05) is 52.1 Å². The molecule has 2 atom stereocenters. The van der Waals surface area contributed by atoms with Crippen molar-refractivity contribution in [3.8, 4) is 0 Å². The zero-order chi connectivity index (χ0) is 29.0. The molecule has 0 aliphatic heterocycles. The zero-order valence-electron chi connectivity index (χ0n) is 24.3. The minimum atomic E-state index is -0.971. The number of hydrogen-bond donors (Lipinski definition) is 2. The number of benzene rings is 1. The molecule has 0 saturated carbocycles. The maximum atomic E-state index is 14.1. The van der Waals surface area contributed by atoms with E-state index in [9.17, 15) is 19.2 Å². The number of aryl methyl sites for hydroxylation is 2. The molecule has 1 aromatic carbocycles. The Morgan fingerprint density at radius 2 is 1.76 bits per heavy atom. The van der Waals surface area contributed by atoms with Gasteiger partial charge in [-0.1, -0.05) is 23.8 Å². The molecule has 2 N–H and O–H groups in total. The first-order valence-corrected chi connectivity index (χ1v) is 14.4. The van der Waals surface area contributed by atoms with E-state index in [0.717, 1.165) is 11.1 Å². The summed E-state index contributed by atoms with van der Waals surface area (Å²) in [7, 11) is 0. The van der Waals surface area contributed by atoms with Gasteiger partial charge in [-0.15, -0.1) is 0 Å². The van der Waals surface area contributed by atoms with Crippen molar-refractivity contribution in [1.82, 2.24) is 15.5 Å². The molecule has 38 heavy (non-hydrogen) atoms. The van der Waals surface area contributed by atoms with Crippen LogP contribution in [-0.2, 0) is 23.9 Å². The number of hydrogen-bond acceptors (Lipinski definition) is 7. The molecule has 0 aromatic heterocycles. The van der Waals surface area contributed by atoms with Gasteiger partial charge in [-0.2, -0.15) is 11.8 Å². The van der Waals surface area contributed by atoms with Crippen molar-refractivity contribution in [2.24, 2.45) is 0 Å². The highest BCUT2D eigenvalue weighted by Crippen LogP contribution is 2.29. The topological polar surface area (TPSA) is 114 Å². The molecule has 0 radical (unpaired) electrons. The standard InChI is InChI=1S/C28H45N3O6S/c1-10-36-23(32)13-15-29-25(33)24(21-17-19(4)11-12-20(21)5)31(18(2)3)26(34)22(14-16-38-9)30-27(35)37-28(6,7)8/h11-12,17-18,22,24H,10,13-16H2,1-9H3,(H,29,33)(H,30,35). The number of alkyl carbamates (subject to hydrolysis) is 1. The van der Waals surface area contributed by atoms with Crippen molar-refractivity contribution in [1.29, 1.82) is 0 Å². The molecule has 214 valence electrons. The van der Waals surface area contributed by atoms with Crippen LogP contribution in [0.3, 0.4) is 0 Å². The number of thioether (sulfide) groups is 1. The number of carbonyl (C=O) groups excluding carboxylic acids is 4. The highest BCUT2D eigenvalue weighted by Gasteiger charge is 2.38. The van der Waals surface area contributed by atoms with E-state index in [1.165, 1.54) is 4.90 Å². The molecule has 0 spiro atoms. The summed E-state index contributed by atoms with van der Waals surface area (Å²) in [6.07, 6.45) is 1.62. The SMILES string of the molecule is CCOC(=O)CCNC(=O)C(c1cc(C)ccc1C)N(C(=O)C(CCSC)NC(=O)OC(C)(C)C)C(C)C. The zero-order valence-corrected chi connectivity index (χ0v) is 25.1. The number of ether oxygens (including phenoxy) is 2. The van der Waals surface area contributed by atoms with Crippen LogP contribution in [0.4, 0.5) is 4.79 Å². The summed E-state index contributed by atoms with van der Waals surface area (Å²) in [5.74, 6) is -0.582. The highest BCUT2D eigenvalue weighted by atomic mass is 32.2. The van der Waals surface area contributed by atoms with E-state index in [-0.39, 0.29) is 31.5 Å². The molecule has 1 aromatic rings. The Hall–Kier alpha value is -2.75. The summed E-state index contributed by atoms with van der Waals surface area (Å²) in [5.41, 5.74) is 1.74. The predicted molar refractivity (Wildman–Crippen MR) is 151 cm³/mol. The molecule has 0 aliphatic carbocycles. The Labute approximate surface area is 231 Å². The van der Waals surface area contributed by atoms with Crippen molar-refractivity contribution in [3.63, 3.8) is 0 Å². The number of nitrogens with one attached hydrogen (secondary N) is 2. The molecule has 0 aliphatic rings. The number of amides is 3. The van der Waals surface area contributed by atoms with Gasteiger partial charge in [0.05, 0.1) is 13.0 Å². The largest absolute Gasteiger partial charge is 0.466 e. The Bertz CT molecular complexity index is 960. The molecule has 0 fully saturated rings. The smallest absolute Gasteiger partial charge is 0.408 e. The van der Waals surface area contributed by atoms with Crippen LogP contribution in [0.25, 0.3) is 0 Å². The molecule has 10 heteroatoms. The Morgan fingerprint density at radius 1 is 1.11 bits per heavy atom. The Kier molecular flexibility index (Phi) is 13.7. The molecular weight excluding hydrogens is 506 g/mol. The summed E-state index contributed by atoms with van der Waals surface area (Å²) in [6, 6.07) is 3.52. The van der Waals surface area contributed by atoms with Crippen LogP contribution in [0.1, 0.15) is 77.1 Å². The monoisotopic (exact) mass is 551 g/mol. The summed E-state index contributed by atoms with van der Waals surface area (Å²) in [6.45, 7) is 14.8. The Balaban J connectivity index is 3.44. The molecule has 1 rings (SSSR count). The molecule has 3 amide bonds. The fraction of sp³-hybridized carbons (Fsp3) is 0.643. The molecule has 0 bridgehead atoms. The van der Waals surface area contributed by atoms with Gasteiger partial charge in [0.25, 0.3) is 0 Å². The van der Waals surface area contributed by atoms with Crippen LogP contribution in [-0.4, -0.2) is 71.6 Å². The molecule has 2 unspecified atom stereocenters. The van der Waals surface area contributed by atoms with Crippen molar-refractivity contribution < 1.29 is 28.7 Å². The third-order valence-corrected chi connectivity index (χ3v) is 6.24. The predicted octanol–water partition coefficient (Wildman–Crippen LogP) is 4.30. The lowest BCUT2D eigenvalue weighted by atomic mass is 9.95. The second kappa shape index (κ2) is 15.6. The molecule has 0 heterocycles. The molecular formula is C28H45N3O6S. The van der Waals surface area contributed by atoms with E-state index < -0.39 is 35.7 Å². The first kappa shape index (κ1) is 33.3. The lowest BCUT2D eigenvalue weighted by molar-refractivity contribution is -0.145. The third kappa shape index (κ3) is 10.9. The van der Waals surface area contributed by atoms with Crippen LogP contribution < -0.4 is 10.6 Å². The first-order valence-electron chi connectivity index (χ1n) is 13.0. The van der Waals surface area contributed by atoms with Crippen LogP contribution in [0.2, 0.25) is 0 Å². The summed E-state index contributed by atoms with van der Waals surface area (Å²) in [5, 5.41) is 5.54. The van der Waals surface area contributed by atoms with E-state index in [2.05, 4.69) is 10.6 Å². The van der Waals surface area contributed by atoms with Gasteiger partial charge in [0.15, 0.2) is 0 Å². The summed E-state index contributed by atoms with van der Waals surface area (Å²) < 4.78 is 10.4. The van der Waals surface area contributed by atoms with Crippen LogP contribution in [0.15, 0.2) is 18.2 Å². The van der Waals surface area contributed by atoms with Gasteiger partial charge in [0.2, 0.25) is 11.8 Å². The summed E-state index contributed by atoms with van der Waals surface area (Å²) in [4.78, 5) is 53.7. The second-order valence-corrected chi connectivity index (χ2v) is 11.4. The van der Waals surface area contributed by atoms with Crippen molar-refractivity contribution in [2.75, 3.05) is 25.2 Å². The normalized spacial score (nSPS) is 12.9. The van der Waals surface area contributed by atoms with Gasteiger partial charge in [0.1, 0.15) is 17.7 Å². The Morgan fingerprint density at radius 3 is 2.32 bits per heavy atom. The average Bonchev–Trinajstić information content (AvgIpc) is 2.80.